The molecule has 4 heteroatoms. The van der Waals surface area contributed by atoms with Gasteiger partial charge < -0.3 is 0 Å². The van der Waals surface area contributed by atoms with Crippen molar-refractivity contribution in [3.8, 4) is 0 Å². The van der Waals surface area contributed by atoms with Gasteiger partial charge in [0.2, 0.25) is 10.0 Å². The SMILES string of the molecule is CC(C)(C)C1CC=C(c2ccc(S(N)(=O)=O)cc2)CC1. The lowest BCUT2D eigenvalue weighted by atomic mass is 9.72. The third-order valence-electron chi connectivity index (χ3n) is 4.19. The van der Waals surface area contributed by atoms with Crippen LogP contribution >= 0.6 is 0 Å². The van der Waals surface area contributed by atoms with E-state index in [1.807, 2.05) is 12.1 Å². The highest BCUT2D eigenvalue weighted by Crippen LogP contribution is 2.39. The van der Waals surface area contributed by atoms with Gasteiger partial charge in [-0.2, -0.15) is 0 Å². The fraction of sp³-hybridized carbons (Fsp3) is 0.500. The maximum atomic E-state index is 11.2. The molecule has 0 radical (unpaired) electrons. The minimum atomic E-state index is -3.60. The molecule has 0 saturated carbocycles. The number of sulfonamides is 1. The highest BCUT2D eigenvalue weighted by molar-refractivity contribution is 7.89. The maximum absolute atomic E-state index is 11.2. The van der Waals surface area contributed by atoms with E-state index in [0.29, 0.717) is 5.41 Å². The number of benzene rings is 1. The monoisotopic (exact) mass is 293 g/mol. The molecule has 0 saturated heterocycles. The van der Waals surface area contributed by atoms with Gasteiger partial charge in [-0.05, 0) is 53.9 Å². The van der Waals surface area contributed by atoms with E-state index >= 15 is 0 Å². The van der Waals surface area contributed by atoms with Gasteiger partial charge in [-0.3, -0.25) is 0 Å². The van der Waals surface area contributed by atoms with Crippen LogP contribution in [0.3, 0.4) is 0 Å². The molecule has 2 N–H and O–H groups in total. The van der Waals surface area contributed by atoms with E-state index in [-0.39, 0.29) is 4.90 Å². The maximum Gasteiger partial charge on any atom is 0.238 e. The standard InChI is InChI=1S/C16H23NO2S/c1-16(2,3)14-8-4-12(5-9-14)13-6-10-15(11-7-13)20(17,18)19/h4,6-7,10-11,14H,5,8-9H2,1-3H3,(H2,17,18,19). The molecule has 1 atom stereocenters. The largest absolute Gasteiger partial charge is 0.238 e. The van der Waals surface area contributed by atoms with Crippen LogP contribution in [0.1, 0.15) is 45.6 Å². The van der Waals surface area contributed by atoms with Gasteiger partial charge in [0.25, 0.3) is 0 Å². The van der Waals surface area contributed by atoms with Crippen molar-refractivity contribution in [1.29, 1.82) is 0 Å². The van der Waals surface area contributed by atoms with Gasteiger partial charge in [0, 0.05) is 0 Å². The van der Waals surface area contributed by atoms with Gasteiger partial charge in [-0.1, -0.05) is 39.0 Å². The molecular weight excluding hydrogens is 270 g/mol. The molecule has 2 rings (SSSR count). The first-order chi connectivity index (χ1) is 9.18. The average Bonchev–Trinajstić information content (AvgIpc) is 2.37. The predicted octanol–water partition coefficient (Wildman–Crippen LogP) is 3.56. The summed E-state index contributed by atoms with van der Waals surface area (Å²) in [4.78, 5) is 0.172. The van der Waals surface area contributed by atoms with Gasteiger partial charge in [-0.25, -0.2) is 13.6 Å². The quantitative estimate of drug-likeness (QED) is 0.906. The minimum absolute atomic E-state index is 0.172. The normalized spacial score (nSPS) is 20.6. The second kappa shape index (κ2) is 5.34. The molecule has 1 aromatic carbocycles. The molecule has 3 nitrogen and oxygen atoms in total. The highest BCUT2D eigenvalue weighted by atomic mass is 32.2. The summed E-state index contributed by atoms with van der Waals surface area (Å²) in [6.07, 6.45) is 5.63. The van der Waals surface area contributed by atoms with E-state index in [1.54, 1.807) is 12.1 Å². The smallest absolute Gasteiger partial charge is 0.225 e. The number of nitrogens with two attached hydrogens (primary N) is 1. The van der Waals surface area contributed by atoms with Crippen molar-refractivity contribution >= 4 is 15.6 Å². The molecule has 0 bridgehead atoms. The summed E-state index contributed by atoms with van der Waals surface area (Å²) < 4.78 is 22.5. The minimum Gasteiger partial charge on any atom is -0.225 e. The molecule has 0 aromatic heterocycles. The van der Waals surface area contributed by atoms with Crippen LogP contribution in [0.15, 0.2) is 35.2 Å². The van der Waals surface area contributed by atoms with Crippen molar-refractivity contribution in [2.45, 2.75) is 44.9 Å². The second-order valence-corrected chi connectivity index (χ2v) is 8.20. The zero-order chi connectivity index (χ0) is 15.0. The van der Waals surface area contributed by atoms with Crippen LogP contribution in [-0.2, 0) is 10.0 Å². The summed E-state index contributed by atoms with van der Waals surface area (Å²) in [5.41, 5.74) is 2.76. The first-order valence-electron chi connectivity index (χ1n) is 7.00. The van der Waals surface area contributed by atoms with Gasteiger partial charge in [0.05, 0.1) is 4.90 Å². The summed E-state index contributed by atoms with van der Waals surface area (Å²) in [5.74, 6) is 0.718. The molecule has 1 aliphatic rings. The van der Waals surface area contributed by atoms with E-state index in [0.717, 1.165) is 24.3 Å². The number of allylic oxidation sites excluding steroid dienone is 2. The fourth-order valence-corrected chi connectivity index (χ4v) is 3.26. The molecule has 110 valence electrons. The van der Waals surface area contributed by atoms with Crippen molar-refractivity contribution in [1.82, 2.24) is 0 Å². The third kappa shape index (κ3) is 3.49. The van der Waals surface area contributed by atoms with E-state index in [1.165, 1.54) is 12.0 Å². The van der Waals surface area contributed by atoms with E-state index in [2.05, 4.69) is 26.8 Å². The van der Waals surface area contributed by atoms with Crippen molar-refractivity contribution in [3.63, 3.8) is 0 Å². The number of primary sulfonamides is 1. The molecular formula is C16H23NO2S. The molecule has 0 aliphatic heterocycles. The average molecular weight is 293 g/mol. The van der Waals surface area contributed by atoms with Gasteiger partial charge in [-0.15, -0.1) is 0 Å². The first kappa shape index (κ1) is 15.3. The Balaban J connectivity index is 2.16. The lowest BCUT2D eigenvalue weighted by Crippen LogP contribution is -2.22. The lowest BCUT2D eigenvalue weighted by molar-refractivity contribution is 0.225. The molecule has 0 amide bonds. The highest BCUT2D eigenvalue weighted by Gasteiger charge is 2.26. The summed E-state index contributed by atoms with van der Waals surface area (Å²) in [7, 11) is -3.60. The van der Waals surface area contributed by atoms with Crippen LogP contribution in [0.2, 0.25) is 0 Å². The Morgan fingerprint density at radius 2 is 1.75 bits per heavy atom. The van der Waals surface area contributed by atoms with Crippen molar-refractivity contribution in [3.05, 3.63) is 35.9 Å². The van der Waals surface area contributed by atoms with Crippen LogP contribution in [0.25, 0.3) is 5.57 Å². The lowest BCUT2D eigenvalue weighted by Gasteiger charge is -2.33. The number of hydrogen-bond acceptors (Lipinski definition) is 2. The van der Waals surface area contributed by atoms with E-state index in [4.69, 9.17) is 5.14 Å². The summed E-state index contributed by atoms with van der Waals surface area (Å²) in [5, 5.41) is 5.11. The van der Waals surface area contributed by atoms with Crippen LogP contribution in [-0.4, -0.2) is 8.42 Å². The van der Waals surface area contributed by atoms with Gasteiger partial charge in [0.15, 0.2) is 0 Å². The summed E-state index contributed by atoms with van der Waals surface area (Å²) >= 11 is 0. The Bertz CT molecular complexity index is 607. The Morgan fingerprint density at radius 1 is 1.15 bits per heavy atom. The van der Waals surface area contributed by atoms with Crippen LogP contribution in [0.5, 0.6) is 0 Å². The second-order valence-electron chi connectivity index (χ2n) is 6.64. The number of hydrogen-bond donors (Lipinski definition) is 1. The van der Waals surface area contributed by atoms with Gasteiger partial charge in [0.1, 0.15) is 0 Å². The Kier molecular flexibility index (Phi) is 4.07. The van der Waals surface area contributed by atoms with Crippen LogP contribution < -0.4 is 5.14 Å². The molecule has 1 unspecified atom stereocenters. The Morgan fingerprint density at radius 3 is 2.15 bits per heavy atom. The summed E-state index contributed by atoms with van der Waals surface area (Å²) in [6, 6.07) is 6.87. The molecule has 20 heavy (non-hydrogen) atoms. The van der Waals surface area contributed by atoms with Crippen molar-refractivity contribution in [2.24, 2.45) is 16.5 Å². The topological polar surface area (TPSA) is 60.2 Å². The first-order valence-corrected chi connectivity index (χ1v) is 8.55. The van der Waals surface area contributed by atoms with Crippen LogP contribution in [0, 0.1) is 11.3 Å². The van der Waals surface area contributed by atoms with Crippen molar-refractivity contribution in [2.75, 3.05) is 0 Å². The third-order valence-corrected chi connectivity index (χ3v) is 5.12. The Hall–Kier alpha value is -1.13. The summed E-state index contributed by atoms with van der Waals surface area (Å²) in [6.45, 7) is 6.87. The molecule has 0 fully saturated rings. The molecule has 1 aliphatic carbocycles. The van der Waals surface area contributed by atoms with E-state index in [9.17, 15) is 8.42 Å². The van der Waals surface area contributed by atoms with E-state index < -0.39 is 10.0 Å². The number of rotatable bonds is 2. The van der Waals surface area contributed by atoms with Crippen LogP contribution in [0.4, 0.5) is 0 Å². The zero-order valence-electron chi connectivity index (χ0n) is 12.4. The predicted molar refractivity (Wildman–Crippen MR) is 82.6 cm³/mol. The van der Waals surface area contributed by atoms with Gasteiger partial charge >= 0.3 is 0 Å². The molecule has 0 heterocycles. The Labute approximate surface area is 121 Å². The molecule has 1 aromatic rings. The van der Waals surface area contributed by atoms with Crippen molar-refractivity contribution < 1.29 is 8.42 Å². The molecule has 0 spiro atoms. The fourth-order valence-electron chi connectivity index (χ4n) is 2.74. The zero-order valence-corrected chi connectivity index (χ0v) is 13.2.